The molecule has 0 aliphatic carbocycles. The molecule has 4 nitrogen and oxygen atoms in total. The van der Waals surface area contributed by atoms with Crippen LogP contribution in [0.5, 0.6) is 5.75 Å². The Balaban J connectivity index is 2.25. The Hall–Kier alpha value is -2.22. The summed E-state index contributed by atoms with van der Waals surface area (Å²) in [7, 11) is -2.51. The number of nitrogens with one attached hydrogen (secondary N) is 1. The predicted molar refractivity (Wildman–Crippen MR) is 75.2 cm³/mol. The van der Waals surface area contributed by atoms with Crippen LogP contribution >= 0.6 is 0 Å². The minimum absolute atomic E-state index is 0.0378. The van der Waals surface area contributed by atoms with Crippen LogP contribution < -0.4 is 9.46 Å². The first-order chi connectivity index (χ1) is 10.2. The van der Waals surface area contributed by atoms with E-state index in [4.69, 9.17) is 4.74 Å². The number of ether oxygens (including phenoxy) is 1. The molecule has 0 amide bonds. The molecule has 0 aliphatic rings. The van der Waals surface area contributed by atoms with Gasteiger partial charge in [0, 0.05) is 11.8 Å². The lowest BCUT2D eigenvalue weighted by atomic mass is 10.2. The lowest BCUT2D eigenvalue weighted by Gasteiger charge is -2.11. The highest BCUT2D eigenvalue weighted by Crippen LogP contribution is 2.30. The fourth-order valence-corrected chi connectivity index (χ4v) is 2.80. The number of hydrogen-bond acceptors (Lipinski definition) is 3. The van der Waals surface area contributed by atoms with Gasteiger partial charge in [-0.2, -0.15) is 13.2 Å². The molecule has 0 aromatic heterocycles. The van der Waals surface area contributed by atoms with Gasteiger partial charge >= 0.3 is 6.18 Å². The average Bonchev–Trinajstić information content (AvgIpc) is 2.46. The number of benzene rings is 2. The maximum Gasteiger partial charge on any atom is 0.416 e. The molecule has 22 heavy (non-hydrogen) atoms. The first kappa shape index (κ1) is 16.2. The molecule has 2 aromatic carbocycles. The number of hydrogen-bond donors (Lipinski definition) is 1. The van der Waals surface area contributed by atoms with E-state index in [1.54, 1.807) is 6.07 Å². The molecule has 2 rings (SSSR count). The zero-order valence-electron chi connectivity index (χ0n) is 11.4. The van der Waals surface area contributed by atoms with E-state index in [2.05, 4.69) is 4.72 Å². The van der Waals surface area contributed by atoms with Gasteiger partial charge in [0.2, 0.25) is 0 Å². The van der Waals surface area contributed by atoms with Gasteiger partial charge in [-0.1, -0.05) is 6.07 Å². The van der Waals surface area contributed by atoms with Crippen molar-refractivity contribution < 1.29 is 26.3 Å². The number of sulfonamides is 1. The van der Waals surface area contributed by atoms with E-state index >= 15 is 0 Å². The van der Waals surface area contributed by atoms with Crippen molar-refractivity contribution in [1.29, 1.82) is 0 Å². The van der Waals surface area contributed by atoms with Gasteiger partial charge in [-0.25, -0.2) is 8.42 Å². The summed E-state index contributed by atoms with van der Waals surface area (Å²) in [6, 6.07) is 9.48. The van der Waals surface area contributed by atoms with Crippen molar-refractivity contribution >= 4 is 15.7 Å². The van der Waals surface area contributed by atoms with Crippen molar-refractivity contribution in [2.75, 3.05) is 11.8 Å². The van der Waals surface area contributed by atoms with E-state index in [0.29, 0.717) is 5.75 Å². The molecule has 0 saturated carbocycles. The monoisotopic (exact) mass is 331 g/mol. The number of alkyl halides is 3. The summed E-state index contributed by atoms with van der Waals surface area (Å²) in [5.41, 5.74) is -0.812. The summed E-state index contributed by atoms with van der Waals surface area (Å²) in [4.78, 5) is -0.0493. The zero-order valence-corrected chi connectivity index (χ0v) is 12.2. The summed E-state index contributed by atoms with van der Waals surface area (Å²) in [6.45, 7) is 0. The standard InChI is InChI=1S/C14H12F3NO3S/c1-21-12-3-2-4-13(9-12)22(19,20)18-11-7-5-10(6-8-11)14(15,16)17/h2-9,18H,1H3. The first-order valence-electron chi connectivity index (χ1n) is 6.06. The minimum atomic E-state index is -4.47. The van der Waals surface area contributed by atoms with Crippen LogP contribution in [0, 0.1) is 0 Å². The Bertz CT molecular complexity index is 756. The van der Waals surface area contributed by atoms with Gasteiger partial charge < -0.3 is 4.74 Å². The summed E-state index contributed by atoms with van der Waals surface area (Å²) < 4.78 is 68.8. The SMILES string of the molecule is COc1cccc(S(=O)(=O)Nc2ccc(C(F)(F)F)cc2)c1. The summed E-state index contributed by atoms with van der Waals surface area (Å²) in [5, 5.41) is 0. The van der Waals surface area contributed by atoms with Gasteiger partial charge in [0.1, 0.15) is 5.75 Å². The summed E-state index contributed by atoms with van der Waals surface area (Å²) in [5.74, 6) is 0.357. The first-order valence-corrected chi connectivity index (χ1v) is 7.55. The second-order valence-corrected chi connectivity index (χ2v) is 6.04. The maximum atomic E-state index is 12.5. The Kier molecular flexibility index (Phi) is 4.32. The van der Waals surface area contributed by atoms with Gasteiger partial charge in [-0.3, -0.25) is 4.72 Å². The number of methoxy groups -OCH3 is 1. The minimum Gasteiger partial charge on any atom is -0.497 e. The highest BCUT2D eigenvalue weighted by molar-refractivity contribution is 7.92. The number of rotatable bonds is 4. The van der Waals surface area contributed by atoms with Crippen LogP contribution in [0.15, 0.2) is 53.4 Å². The molecule has 0 heterocycles. The maximum absolute atomic E-state index is 12.5. The van der Waals surface area contributed by atoms with Crippen molar-refractivity contribution in [3.8, 4) is 5.75 Å². The summed E-state index contributed by atoms with van der Waals surface area (Å²) >= 11 is 0. The molecule has 0 unspecified atom stereocenters. The van der Waals surface area contributed by atoms with Gasteiger partial charge in [0.25, 0.3) is 10.0 Å². The number of anilines is 1. The van der Waals surface area contributed by atoms with Gasteiger partial charge in [-0.15, -0.1) is 0 Å². The molecule has 0 spiro atoms. The quantitative estimate of drug-likeness (QED) is 0.933. The average molecular weight is 331 g/mol. The normalized spacial score (nSPS) is 12.0. The molecule has 118 valence electrons. The third-order valence-electron chi connectivity index (χ3n) is 2.82. The molecule has 8 heteroatoms. The molecule has 0 radical (unpaired) electrons. The smallest absolute Gasteiger partial charge is 0.416 e. The highest BCUT2D eigenvalue weighted by Gasteiger charge is 2.30. The van der Waals surface area contributed by atoms with Crippen molar-refractivity contribution in [2.45, 2.75) is 11.1 Å². The fourth-order valence-electron chi connectivity index (χ4n) is 1.71. The van der Waals surface area contributed by atoms with Crippen LogP contribution in [0.4, 0.5) is 18.9 Å². The van der Waals surface area contributed by atoms with E-state index in [0.717, 1.165) is 24.3 Å². The largest absolute Gasteiger partial charge is 0.497 e. The third-order valence-corrected chi connectivity index (χ3v) is 4.19. The Morgan fingerprint density at radius 1 is 1.05 bits per heavy atom. The van der Waals surface area contributed by atoms with E-state index in [1.807, 2.05) is 0 Å². The Morgan fingerprint density at radius 2 is 1.68 bits per heavy atom. The Labute approximate surface area is 125 Å². The van der Waals surface area contributed by atoms with Crippen molar-refractivity contribution in [3.05, 3.63) is 54.1 Å². The number of halogens is 3. The van der Waals surface area contributed by atoms with E-state index in [9.17, 15) is 21.6 Å². The molecule has 0 saturated heterocycles. The lowest BCUT2D eigenvalue weighted by molar-refractivity contribution is -0.137. The topological polar surface area (TPSA) is 55.4 Å². The second-order valence-electron chi connectivity index (χ2n) is 4.36. The molecule has 0 fully saturated rings. The van der Waals surface area contributed by atoms with Gasteiger partial charge in [-0.05, 0) is 36.4 Å². The van der Waals surface area contributed by atoms with E-state index in [-0.39, 0.29) is 10.6 Å². The molecule has 0 aliphatic heterocycles. The zero-order chi connectivity index (χ0) is 16.4. The van der Waals surface area contributed by atoms with E-state index < -0.39 is 21.8 Å². The molecule has 0 bridgehead atoms. The van der Waals surface area contributed by atoms with Crippen LogP contribution in [-0.4, -0.2) is 15.5 Å². The van der Waals surface area contributed by atoms with Crippen LogP contribution in [0.2, 0.25) is 0 Å². The molecular formula is C14H12F3NO3S. The molecular weight excluding hydrogens is 319 g/mol. The van der Waals surface area contributed by atoms with Crippen LogP contribution in [-0.2, 0) is 16.2 Å². The fraction of sp³-hybridized carbons (Fsp3) is 0.143. The highest BCUT2D eigenvalue weighted by atomic mass is 32.2. The molecule has 0 atom stereocenters. The summed E-state index contributed by atoms with van der Waals surface area (Å²) in [6.07, 6.45) is -4.47. The predicted octanol–water partition coefficient (Wildman–Crippen LogP) is 3.51. The second kappa shape index (κ2) is 5.88. The molecule has 1 N–H and O–H groups in total. The van der Waals surface area contributed by atoms with E-state index in [1.165, 1.54) is 25.3 Å². The molecule has 2 aromatic rings. The third kappa shape index (κ3) is 3.70. The van der Waals surface area contributed by atoms with Crippen LogP contribution in [0.25, 0.3) is 0 Å². The van der Waals surface area contributed by atoms with Gasteiger partial charge in [0.15, 0.2) is 0 Å². The van der Waals surface area contributed by atoms with Crippen LogP contribution in [0.3, 0.4) is 0 Å². The van der Waals surface area contributed by atoms with Gasteiger partial charge in [0.05, 0.1) is 17.6 Å². The lowest BCUT2D eigenvalue weighted by Crippen LogP contribution is -2.13. The van der Waals surface area contributed by atoms with Crippen LogP contribution in [0.1, 0.15) is 5.56 Å². The van der Waals surface area contributed by atoms with Crippen molar-refractivity contribution in [3.63, 3.8) is 0 Å². The van der Waals surface area contributed by atoms with Crippen molar-refractivity contribution in [1.82, 2.24) is 0 Å². The Morgan fingerprint density at radius 3 is 2.23 bits per heavy atom. The van der Waals surface area contributed by atoms with Crippen molar-refractivity contribution in [2.24, 2.45) is 0 Å².